The van der Waals surface area contributed by atoms with Crippen LogP contribution in [0.15, 0.2) is 0 Å². The zero-order chi connectivity index (χ0) is 14.7. The molecule has 0 N–H and O–H groups in total. The van der Waals surface area contributed by atoms with Gasteiger partial charge in [0.15, 0.2) is 0 Å². The second-order valence-electron chi connectivity index (χ2n) is 5.53. The van der Waals surface area contributed by atoms with Gasteiger partial charge in [-0.2, -0.15) is 0 Å². The summed E-state index contributed by atoms with van der Waals surface area (Å²) in [6, 6.07) is 0. The van der Waals surface area contributed by atoms with E-state index in [0.29, 0.717) is 0 Å². The molecule has 0 aromatic heterocycles. The van der Waals surface area contributed by atoms with E-state index in [1.807, 2.05) is 0 Å². The number of nitrogens with zero attached hydrogens (tertiary/aromatic N) is 2. The van der Waals surface area contributed by atoms with Gasteiger partial charge in [-0.15, -0.1) is 0 Å². The van der Waals surface area contributed by atoms with Crippen LogP contribution in [0.5, 0.6) is 0 Å². The summed E-state index contributed by atoms with van der Waals surface area (Å²) in [4.78, 5) is 0. The van der Waals surface area contributed by atoms with Crippen LogP contribution in [-0.2, 0) is 20.5 Å². The Morgan fingerprint density at radius 2 is 0.895 bits per heavy atom. The summed E-state index contributed by atoms with van der Waals surface area (Å²) in [6.45, 7) is 19.3. The minimum atomic E-state index is -2.47. The maximum atomic E-state index is 2.94. The molecule has 0 heterocycles. The summed E-state index contributed by atoms with van der Waals surface area (Å²) in [7, 11) is 0. The summed E-state index contributed by atoms with van der Waals surface area (Å²) in [5.74, 6) is 0. The summed E-state index contributed by atoms with van der Waals surface area (Å²) in [6.07, 6.45) is 5.60. The van der Waals surface area contributed by atoms with Gasteiger partial charge < -0.3 is 0 Å². The van der Waals surface area contributed by atoms with Gasteiger partial charge in [0.2, 0.25) is 0 Å². The summed E-state index contributed by atoms with van der Waals surface area (Å²) in [5, 5.41) is 0. The van der Waals surface area contributed by atoms with Crippen molar-refractivity contribution < 1.29 is 20.5 Å². The molecule has 0 amide bonds. The monoisotopic (exact) mass is 438 g/mol. The molecule has 2 nitrogen and oxygen atoms in total. The van der Waals surface area contributed by atoms with Crippen molar-refractivity contribution in [3.8, 4) is 0 Å². The Hall–Kier alpha value is 0.790. The van der Waals surface area contributed by atoms with E-state index in [1.165, 1.54) is 51.9 Å². The molecule has 0 radical (unpaired) electrons. The van der Waals surface area contributed by atoms with Crippen molar-refractivity contribution >= 4 is 0 Å². The van der Waals surface area contributed by atoms with Gasteiger partial charge in [0.25, 0.3) is 0 Å². The van der Waals surface area contributed by atoms with Gasteiger partial charge in [0, 0.05) is 0 Å². The summed E-state index contributed by atoms with van der Waals surface area (Å²) >= 11 is -2.47. The molecule has 0 atom stereocenters. The Labute approximate surface area is 128 Å². The molecular formula is C16H38HfN2. The molecule has 19 heavy (non-hydrogen) atoms. The van der Waals surface area contributed by atoms with Gasteiger partial charge in [-0.3, -0.25) is 0 Å². The van der Waals surface area contributed by atoms with Gasteiger partial charge >= 0.3 is 128 Å². The average molecular weight is 437 g/mol. The van der Waals surface area contributed by atoms with E-state index in [4.69, 9.17) is 0 Å². The van der Waals surface area contributed by atoms with E-state index in [9.17, 15) is 0 Å². The zero-order valence-electron chi connectivity index (χ0n) is 14.5. The molecule has 0 unspecified atom stereocenters. The molecule has 0 bridgehead atoms. The Kier molecular flexibility index (Phi) is 11.9. The van der Waals surface area contributed by atoms with Gasteiger partial charge in [0.05, 0.1) is 0 Å². The number of hydrogen-bond acceptors (Lipinski definition) is 2. The number of unbranched alkanes of at least 4 members (excludes halogenated alkanes) is 2. The van der Waals surface area contributed by atoms with Gasteiger partial charge in [-0.05, 0) is 0 Å². The van der Waals surface area contributed by atoms with Crippen LogP contribution in [0.1, 0.15) is 67.2 Å². The van der Waals surface area contributed by atoms with Crippen LogP contribution in [-0.4, -0.2) is 32.0 Å². The first kappa shape index (κ1) is 19.8. The quantitative estimate of drug-likeness (QED) is 0.393. The Balaban J connectivity index is 5.26. The molecule has 3 heteroatoms. The van der Waals surface area contributed by atoms with Gasteiger partial charge in [-0.1, -0.05) is 0 Å². The molecule has 0 fully saturated rings. The fourth-order valence-electron chi connectivity index (χ4n) is 3.50. The Morgan fingerprint density at radius 1 is 0.579 bits per heavy atom. The Bertz CT molecular complexity index is 179. The van der Waals surface area contributed by atoms with Crippen LogP contribution in [0, 0.1) is 0 Å². The molecular weight excluding hydrogens is 399 g/mol. The zero-order valence-corrected chi connectivity index (χ0v) is 18.1. The molecule has 0 aliphatic carbocycles. The van der Waals surface area contributed by atoms with Crippen molar-refractivity contribution in [2.45, 2.75) is 75.6 Å². The minimum absolute atomic E-state index is 1.27. The van der Waals surface area contributed by atoms with Gasteiger partial charge in [-0.25, -0.2) is 0 Å². The third-order valence-corrected chi connectivity index (χ3v) is 25.9. The second-order valence-corrected chi connectivity index (χ2v) is 20.7. The molecule has 0 rings (SSSR count). The molecule has 0 aromatic carbocycles. The van der Waals surface area contributed by atoms with Crippen LogP contribution in [0.25, 0.3) is 0 Å². The first-order chi connectivity index (χ1) is 9.16. The molecule has 0 aliphatic heterocycles. The van der Waals surface area contributed by atoms with Crippen LogP contribution in [0.3, 0.4) is 0 Å². The van der Waals surface area contributed by atoms with E-state index in [2.05, 4.69) is 47.3 Å². The fraction of sp³-hybridized carbons (Fsp3) is 1.00. The van der Waals surface area contributed by atoms with Crippen molar-refractivity contribution in [2.24, 2.45) is 0 Å². The average Bonchev–Trinajstić information content (AvgIpc) is 2.44. The normalized spacial score (nSPS) is 12.6. The molecule has 0 aliphatic rings. The first-order valence-electron chi connectivity index (χ1n) is 8.66. The van der Waals surface area contributed by atoms with E-state index >= 15 is 0 Å². The predicted molar refractivity (Wildman–Crippen MR) is 85.3 cm³/mol. The Morgan fingerprint density at radius 3 is 1.11 bits per heavy atom. The fourth-order valence-corrected chi connectivity index (χ4v) is 25.4. The van der Waals surface area contributed by atoms with E-state index < -0.39 is 20.5 Å². The van der Waals surface area contributed by atoms with Crippen molar-refractivity contribution in [3.05, 3.63) is 0 Å². The molecule has 0 aromatic rings. The van der Waals surface area contributed by atoms with E-state index in [0.717, 1.165) is 0 Å². The van der Waals surface area contributed by atoms with Crippen LogP contribution < -0.4 is 0 Å². The first-order valence-corrected chi connectivity index (χ1v) is 17.0. The van der Waals surface area contributed by atoms with Crippen LogP contribution >= 0.6 is 0 Å². The summed E-state index contributed by atoms with van der Waals surface area (Å²) in [5.41, 5.74) is 0. The molecule has 116 valence electrons. The van der Waals surface area contributed by atoms with E-state index in [-0.39, 0.29) is 0 Å². The predicted octanol–water partition coefficient (Wildman–Crippen LogP) is 5.09. The van der Waals surface area contributed by atoms with Gasteiger partial charge in [0.1, 0.15) is 0 Å². The van der Waals surface area contributed by atoms with Crippen molar-refractivity contribution in [3.63, 3.8) is 0 Å². The standard InChI is InChI=1S/2C4H10N.2C4H9.Hf/c2*1-3-5-4-2;2*1-3-4-2;/h2*3-4H2,1-2H3;2*1,3-4H2,2H3;/q2*-1;;;+2. The van der Waals surface area contributed by atoms with Crippen molar-refractivity contribution in [1.82, 2.24) is 5.78 Å². The number of rotatable bonds is 12. The third kappa shape index (κ3) is 5.59. The van der Waals surface area contributed by atoms with Crippen LogP contribution in [0.4, 0.5) is 0 Å². The van der Waals surface area contributed by atoms with E-state index in [1.54, 1.807) is 8.35 Å². The maximum absolute atomic E-state index is 2.94. The number of hydrogen-bond donors (Lipinski definition) is 0. The van der Waals surface area contributed by atoms with Crippen molar-refractivity contribution in [1.29, 1.82) is 0 Å². The summed E-state index contributed by atoms with van der Waals surface area (Å²) < 4.78 is 8.97. The SMILES string of the molecule is CCC[CH2][Hf]([CH2]CCC)([N](CC)CC)[N](CC)CC. The molecule has 0 saturated carbocycles. The molecule has 0 spiro atoms. The van der Waals surface area contributed by atoms with Crippen molar-refractivity contribution in [2.75, 3.05) is 26.2 Å². The molecule has 0 saturated heterocycles. The van der Waals surface area contributed by atoms with Crippen LogP contribution in [0.2, 0.25) is 8.35 Å². The topological polar surface area (TPSA) is 6.48 Å². The second kappa shape index (κ2) is 11.4. The third-order valence-electron chi connectivity index (χ3n) is 4.57.